The summed E-state index contributed by atoms with van der Waals surface area (Å²) in [6.07, 6.45) is 6.12. The molecule has 3 amide bonds. The number of piperidine rings is 2. The maximum absolute atomic E-state index is 12.6. The van der Waals surface area contributed by atoms with Gasteiger partial charge in [-0.3, -0.25) is 14.4 Å². The Kier molecular flexibility index (Phi) is 5.40. The van der Waals surface area contributed by atoms with Gasteiger partial charge in [0.05, 0.1) is 17.7 Å². The van der Waals surface area contributed by atoms with Crippen molar-refractivity contribution >= 4 is 17.7 Å². The van der Waals surface area contributed by atoms with Crippen molar-refractivity contribution in [2.75, 3.05) is 26.2 Å². The Morgan fingerprint density at radius 3 is 2.52 bits per heavy atom. The van der Waals surface area contributed by atoms with Crippen LogP contribution in [0.15, 0.2) is 23.0 Å². The lowest BCUT2D eigenvalue weighted by atomic mass is 9.95. The van der Waals surface area contributed by atoms with Crippen molar-refractivity contribution in [2.24, 2.45) is 5.92 Å². The normalized spacial score (nSPS) is 21.9. The third-order valence-corrected chi connectivity index (χ3v) is 5.13. The minimum absolute atomic E-state index is 0.0194. The van der Waals surface area contributed by atoms with Crippen LogP contribution in [0.25, 0.3) is 0 Å². The van der Waals surface area contributed by atoms with Crippen molar-refractivity contribution in [1.82, 2.24) is 15.1 Å². The standard InChI is InChI=1S/C18H25N3O4/c1-13(22)20-8-4-16(5-9-20)19-17(23)14-3-2-7-21(11-14)18(24)15-6-10-25-12-15/h6,10,12,14,16H,2-5,7-9,11H2,1H3,(H,19,23). The fourth-order valence-electron chi connectivity index (χ4n) is 3.60. The third-order valence-electron chi connectivity index (χ3n) is 5.13. The highest BCUT2D eigenvalue weighted by atomic mass is 16.3. The second kappa shape index (κ2) is 7.72. The van der Waals surface area contributed by atoms with Crippen molar-refractivity contribution in [3.63, 3.8) is 0 Å². The molecule has 3 rings (SSSR count). The summed E-state index contributed by atoms with van der Waals surface area (Å²) in [4.78, 5) is 39.9. The number of hydrogen-bond acceptors (Lipinski definition) is 4. The van der Waals surface area contributed by atoms with Gasteiger partial charge in [-0.2, -0.15) is 0 Å². The van der Waals surface area contributed by atoms with Gasteiger partial charge in [-0.05, 0) is 31.7 Å². The van der Waals surface area contributed by atoms with E-state index in [1.807, 2.05) is 4.90 Å². The van der Waals surface area contributed by atoms with Crippen LogP contribution in [-0.4, -0.2) is 59.7 Å². The molecule has 2 fully saturated rings. The maximum Gasteiger partial charge on any atom is 0.257 e. The molecule has 1 atom stereocenters. The quantitative estimate of drug-likeness (QED) is 0.892. The van der Waals surface area contributed by atoms with E-state index in [1.54, 1.807) is 17.9 Å². The molecule has 0 aliphatic carbocycles. The molecule has 3 heterocycles. The summed E-state index contributed by atoms with van der Waals surface area (Å²) < 4.78 is 4.97. The molecule has 0 saturated carbocycles. The Bertz CT molecular complexity index is 620. The van der Waals surface area contributed by atoms with Crippen molar-refractivity contribution in [3.05, 3.63) is 24.2 Å². The molecule has 1 aromatic heterocycles. The van der Waals surface area contributed by atoms with E-state index in [-0.39, 0.29) is 29.7 Å². The largest absolute Gasteiger partial charge is 0.472 e. The van der Waals surface area contributed by atoms with E-state index in [9.17, 15) is 14.4 Å². The van der Waals surface area contributed by atoms with Gasteiger partial charge in [0, 0.05) is 39.1 Å². The van der Waals surface area contributed by atoms with Gasteiger partial charge in [0.1, 0.15) is 6.26 Å². The molecule has 2 saturated heterocycles. The molecule has 1 aromatic rings. The van der Waals surface area contributed by atoms with Gasteiger partial charge in [0.25, 0.3) is 5.91 Å². The fourth-order valence-corrected chi connectivity index (χ4v) is 3.60. The minimum atomic E-state index is -0.171. The number of nitrogens with zero attached hydrogens (tertiary/aromatic N) is 2. The summed E-state index contributed by atoms with van der Waals surface area (Å²) in [7, 11) is 0. The van der Waals surface area contributed by atoms with E-state index >= 15 is 0 Å². The zero-order chi connectivity index (χ0) is 17.8. The number of rotatable bonds is 3. The first-order chi connectivity index (χ1) is 12.0. The second-order valence-corrected chi connectivity index (χ2v) is 6.89. The molecule has 2 aliphatic rings. The highest BCUT2D eigenvalue weighted by Gasteiger charge is 2.31. The number of furan rings is 1. The van der Waals surface area contributed by atoms with Crippen LogP contribution in [0.1, 0.15) is 43.0 Å². The van der Waals surface area contributed by atoms with E-state index in [2.05, 4.69) is 5.32 Å². The molecule has 2 aliphatic heterocycles. The predicted molar refractivity (Wildman–Crippen MR) is 90.8 cm³/mol. The summed E-state index contributed by atoms with van der Waals surface area (Å²) in [5.74, 6) is -0.145. The molecule has 0 spiro atoms. The van der Waals surface area contributed by atoms with Crippen LogP contribution in [0.3, 0.4) is 0 Å². The first-order valence-corrected chi connectivity index (χ1v) is 8.92. The smallest absolute Gasteiger partial charge is 0.257 e. The minimum Gasteiger partial charge on any atom is -0.472 e. The van der Waals surface area contributed by atoms with Crippen molar-refractivity contribution < 1.29 is 18.8 Å². The molecule has 0 bridgehead atoms. The molecule has 0 radical (unpaired) electrons. The van der Waals surface area contributed by atoms with Crippen molar-refractivity contribution in [2.45, 2.75) is 38.6 Å². The van der Waals surface area contributed by atoms with E-state index in [1.165, 1.54) is 12.5 Å². The lowest BCUT2D eigenvalue weighted by Crippen LogP contribution is -2.50. The van der Waals surface area contributed by atoms with Crippen LogP contribution in [0.4, 0.5) is 0 Å². The van der Waals surface area contributed by atoms with Crippen LogP contribution in [0.2, 0.25) is 0 Å². The Hall–Kier alpha value is -2.31. The monoisotopic (exact) mass is 347 g/mol. The lowest BCUT2D eigenvalue weighted by molar-refractivity contribution is -0.130. The number of carbonyl (C=O) groups is 3. The van der Waals surface area contributed by atoms with Gasteiger partial charge in [-0.1, -0.05) is 0 Å². The summed E-state index contributed by atoms with van der Waals surface area (Å²) in [6, 6.07) is 1.76. The SMILES string of the molecule is CC(=O)N1CCC(NC(=O)C2CCCN(C(=O)c3ccoc3)C2)CC1. The molecule has 0 aromatic carbocycles. The summed E-state index contributed by atoms with van der Waals surface area (Å²) in [5, 5.41) is 3.11. The topological polar surface area (TPSA) is 82.9 Å². The summed E-state index contributed by atoms with van der Waals surface area (Å²) >= 11 is 0. The van der Waals surface area contributed by atoms with Crippen LogP contribution < -0.4 is 5.32 Å². The first kappa shape index (κ1) is 17.5. The number of carbonyl (C=O) groups excluding carboxylic acids is 3. The number of amides is 3. The zero-order valence-corrected chi connectivity index (χ0v) is 14.6. The third kappa shape index (κ3) is 4.21. The van der Waals surface area contributed by atoms with E-state index in [0.717, 1.165) is 25.7 Å². The Labute approximate surface area is 147 Å². The number of hydrogen-bond donors (Lipinski definition) is 1. The van der Waals surface area contributed by atoms with Gasteiger partial charge >= 0.3 is 0 Å². The lowest BCUT2D eigenvalue weighted by Gasteiger charge is -2.35. The van der Waals surface area contributed by atoms with Gasteiger partial charge in [-0.25, -0.2) is 0 Å². The van der Waals surface area contributed by atoms with E-state index in [4.69, 9.17) is 4.42 Å². The molecule has 7 heteroatoms. The predicted octanol–water partition coefficient (Wildman–Crippen LogP) is 1.26. The first-order valence-electron chi connectivity index (χ1n) is 8.92. The van der Waals surface area contributed by atoms with E-state index in [0.29, 0.717) is 31.7 Å². The molecule has 25 heavy (non-hydrogen) atoms. The van der Waals surface area contributed by atoms with Crippen LogP contribution in [0.5, 0.6) is 0 Å². The molecule has 136 valence electrons. The van der Waals surface area contributed by atoms with Crippen molar-refractivity contribution in [1.29, 1.82) is 0 Å². The average molecular weight is 347 g/mol. The zero-order valence-electron chi connectivity index (χ0n) is 14.6. The molecule has 7 nitrogen and oxygen atoms in total. The van der Waals surface area contributed by atoms with Gasteiger partial charge in [-0.15, -0.1) is 0 Å². The average Bonchev–Trinajstić information content (AvgIpc) is 3.16. The molecule has 1 N–H and O–H groups in total. The van der Waals surface area contributed by atoms with Crippen molar-refractivity contribution in [3.8, 4) is 0 Å². The van der Waals surface area contributed by atoms with Crippen LogP contribution in [0, 0.1) is 5.92 Å². The van der Waals surface area contributed by atoms with Gasteiger partial charge < -0.3 is 19.5 Å². The number of nitrogens with one attached hydrogen (secondary N) is 1. The maximum atomic E-state index is 12.6. The second-order valence-electron chi connectivity index (χ2n) is 6.89. The van der Waals surface area contributed by atoms with Gasteiger partial charge in [0.15, 0.2) is 0 Å². The molecular weight excluding hydrogens is 322 g/mol. The summed E-state index contributed by atoms with van der Waals surface area (Å²) in [5.41, 5.74) is 0.526. The summed E-state index contributed by atoms with van der Waals surface area (Å²) in [6.45, 7) is 4.07. The van der Waals surface area contributed by atoms with Crippen LogP contribution >= 0.6 is 0 Å². The highest BCUT2D eigenvalue weighted by molar-refractivity contribution is 5.94. The molecule has 1 unspecified atom stereocenters. The Balaban J connectivity index is 1.50. The van der Waals surface area contributed by atoms with Gasteiger partial charge in [0.2, 0.25) is 11.8 Å². The highest BCUT2D eigenvalue weighted by Crippen LogP contribution is 2.20. The fraction of sp³-hybridized carbons (Fsp3) is 0.611. The van der Waals surface area contributed by atoms with E-state index < -0.39 is 0 Å². The Morgan fingerprint density at radius 1 is 1.12 bits per heavy atom. The molecular formula is C18H25N3O4. The van der Waals surface area contributed by atoms with Crippen LogP contribution in [-0.2, 0) is 9.59 Å². The Morgan fingerprint density at radius 2 is 1.88 bits per heavy atom. The number of likely N-dealkylation sites (tertiary alicyclic amines) is 2.